The van der Waals surface area contributed by atoms with Crippen LogP contribution in [0.15, 0.2) is 0 Å². The standard InChI is InChI=1S/C18H40N2/c1-4-5-6-7-10-13-16-20(19)17-14-11-8-9-12-15-18(2)3/h18H,4-17,19H2,1-3H3. The minimum atomic E-state index is 0.867. The van der Waals surface area contributed by atoms with Gasteiger partial charge in [0.25, 0.3) is 0 Å². The number of hydrogen-bond donors (Lipinski definition) is 1. The molecule has 0 heterocycles. The van der Waals surface area contributed by atoms with Crippen molar-refractivity contribution in [3.8, 4) is 0 Å². The average Bonchev–Trinajstić information content (AvgIpc) is 2.41. The molecule has 0 aliphatic rings. The first-order valence-corrected chi connectivity index (χ1v) is 9.16. The molecule has 0 aromatic carbocycles. The molecular weight excluding hydrogens is 244 g/mol. The minimum Gasteiger partial charge on any atom is -0.269 e. The van der Waals surface area contributed by atoms with Crippen molar-refractivity contribution in [1.29, 1.82) is 0 Å². The van der Waals surface area contributed by atoms with Gasteiger partial charge in [-0.1, -0.05) is 85.0 Å². The molecule has 0 aliphatic carbocycles. The molecule has 20 heavy (non-hydrogen) atoms. The van der Waals surface area contributed by atoms with E-state index in [1.54, 1.807) is 0 Å². The van der Waals surface area contributed by atoms with Crippen LogP contribution in [0.4, 0.5) is 0 Å². The van der Waals surface area contributed by atoms with Crippen LogP contribution in [0.5, 0.6) is 0 Å². The van der Waals surface area contributed by atoms with Crippen molar-refractivity contribution in [3.63, 3.8) is 0 Å². The van der Waals surface area contributed by atoms with Crippen molar-refractivity contribution in [2.75, 3.05) is 13.1 Å². The fourth-order valence-electron chi connectivity index (χ4n) is 2.60. The summed E-state index contributed by atoms with van der Waals surface area (Å²) in [5, 5.41) is 2.04. The Hall–Kier alpha value is -0.0800. The van der Waals surface area contributed by atoms with E-state index in [0.29, 0.717) is 0 Å². The van der Waals surface area contributed by atoms with E-state index in [0.717, 1.165) is 19.0 Å². The van der Waals surface area contributed by atoms with Gasteiger partial charge in [0.15, 0.2) is 0 Å². The Kier molecular flexibility index (Phi) is 15.3. The lowest BCUT2D eigenvalue weighted by Crippen LogP contribution is -2.32. The second kappa shape index (κ2) is 15.3. The van der Waals surface area contributed by atoms with Crippen molar-refractivity contribution in [2.24, 2.45) is 11.8 Å². The summed E-state index contributed by atoms with van der Waals surface area (Å²) in [5.74, 6) is 6.90. The van der Waals surface area contributed by atoms with Gasteiger partial charge in [-0.25, -0.2) is 5.01 Å². The molecule has 0 aliphatic heterocycles. The Labute approximate surface area is 128 Å². The minimum absolute atomic E-state index is 0.867. The monoisotopic (exact) mass is 284 g/mol. The third-order valence-electron chi connectivity index (χ3n) is 4.03. The Bertz CT molecular complexity index is 180. The predicted molar refractivity (Wildman–Crippen MR) is 91.7 cm³/mol. The summed E-state index contributed by atoms with van der Waals surface area (Å²) in [6, 6.07) is 0. The van der Waals surface area contributed by atoms with Gasteiger partial charge in [-0.15, -0.1) is 0 Å². The Morgan fingerprint density at radius 2 is 1.15 bits per heavy atom. The zero-order valence-corrected chi connectivity index (χ0v) is 14.5. The molecule has 0 fully saturated rings. The predicted octanol–water partition coefficient (Wildman–Crippen LogP) is 5.52. The average molecular weight is 285 g/mol. The lowest BCUT2D eigenvalue weighted by Gasteiger charge is -2.16. The summed E-state index contributed by atoms with van der Waals surface area (Å²) in [6.45, 7) is 9.06. The molecule has 122 valence electrons. The second-order valence-corrected chi connectivity index (χ2v) is 6.75. The highest BCUT2D eigenvalue weighted by molar-refractivity contribution is 4.53. The number of unbranched alkanes of at least 4 members (excludes halogenated alkanes) is 9. The molecule has 0 bridgehead atoms. The van der Waals surface area contributed by atoms with Crippen molar-refractivity contribution in [3.05, 3.63) is 0 Å². The highest BCUT2D eigenvalue weighted by Gasteiger charge is 1.99. The van der Waals surface area contributed by atoms with E-state index in [2.05, 4.69) is 20.8 Å². The van der Waals surface area contributed by atoms with Crippen LogP contribution in [-0.4, -0.2) is 18.1 Å². The molecule has 0 amide bonds. The lowest BCUT2D eigenvalue weighted by molar-refractivity contribution is 0.268. The molecule has 2 nitrogen and oxygen atoms in total. The largest absolute Gasteiger partial charge is 0.269 e. The fourth-order valence-corrected chi connectivity index (χ4v) is 2.60. The van der Waals surface area contributed by atoms with Gasteiger partial charge in [0.2, 0.25) is 0 Å². The van der Waals surface area contributed by atoms with Gasteiger partial charge in [-0.05, 0) is 18.8 Å². The van der Waals surface area contributed by atoms with E-state index in [-0.39, 0.29) is 0 Å². The molecule has 0 unspecified atom stereocenters. The summed E-state index contributed by atoms with van der Waals surface area (Å²) in [4.78, 5) is 0. The second-order valence-electron chi connectivity index (χ2n) is 6.75. The Balaban J connectivity index is 3.14. The van der Waals surface area contributed by atoms with Gasteiger partial charge < -0.3 is 0 Å². The number of nitrogens with zero attached hydrogens (tertiary/aromatic N) is 1. The summed E-state index contributed by atoms with van der Waals surface area (Å²) < 4.78 is 0. The van der Waals surface area contributed by atoms with Crippen LogP contribution < -0.4 is 5.84 Å². The topological polar surface area (TPSA) is 29.3 Å². The summed E-state index contributed by atoms with van der Waals surface area (Å²) in [7, 11) is 0. The van der Waals surface area contributed by atoms with Crippen molar-refractivity contribution < 1.29 is 0 Å². The SMILES string of the molecule is CCCCCCCCN(N)CCCCCCCC(C)C. The molecular formula is C18H40N2. The molecule has 0 spiro atoms. The van der Waals surface area contributed by atoms with Gasteiger partial charge in [0, 0.05) is 13.1 Å². The van der Waals surface area contributed by atoms with Gasteiger partial charge in [-0.2, -0.15) is 0 Å². The summed E-state index contributed by atoms with van der Waals surface area (Å²) in [5.41, 5.74) is 0. The molecule has 0 radical (unpaired) electrons. The van der Waals surface area contributed by atoms with Crippen molar-refractivity contribution in [2.45, 2.75) is 97.8 Å². The first-order valence-electron chi connectivity index (χ1n) is 9.16. The zero-order valence-electron chi connectivity index (χ0n) is 14.5. The van der Waals surface area contributed by atoms with Crippen LogP contribution in [0.1, 0.15) is 97.8 Å². The van der Waals surface area contributed by atoms with Crippen LogP contribution in [-0.2, 0) is 0 Å². The van der Waals surface area contributed by atoms with Crippen molar-refractivity contribution >= 4 is 0 Å². The van der Waals surface area contributed by atoms with Gasteiger partial charge in [0.05, 0.1) is 0 Å². The maximum atomic E-state index is 6.03. The third kappa shape index (κ3) is 16.0. The van der Waals surface area contributed by atoms with Crippen molar-refractivity contribution in [1.82, 2.24) is 5.01 Å². The van der Waals surface area contributed by atoms with Crippen LogP contribution in [0.3, 0.4) is 0 Å². The number of hydrogen-bond acceptors (Lipinski definition) is 2. The quantitative estimate of drug-likeness (QED) is 0.244. The summed E-state index contributed by atoms with van der Waals surface area (Å²) >= 11 is 0. The van der Waals surface area contributed by atoms with E-state index < -0.39 is 0 Å². The molecule has 0 rings (SSSR count). The number of rotatable bonds is 15. The van der Waals surface area contributed by atoms with E-state index in [4.69, 9.17) is 5.84 Å². The highest BCUT2D eigenvalue weighted by Crippen LogP contribution is 2.10. The fraction of sp³-hybridized carbons (Fsp3) is 1.00. The first-order chi connectivity index (χ1) is 9.66. The number of nitrogens with two attached hydrogens (primary N) is 1. The molecule has 0 saturated heterocycles. The van der Waals surface area contributed by atoms with Gasteiger partial charge >= 0.3 is 0 Å². The first kappa shape index (κ1) is 19.9. The van der Waals surface area contributed by atoms with E-state index in [9.17, 15) is 0 Å². The van der Waals surface area contributed by atoms with E-state index >= 15 is 0 Å². The molecule has 2 N–H and O–H groups in total. The Morgan fingerprint density at radius 1 is 0.700 bits per heavy atom. The van der Waals surface area contributed by atoms with E-state index in [1.165, 1.54) is 77.0 Å². The highest BCUT2D eigenvalue weighted by atomic mass is 15.4. The molecule has 0 aromatic rings. The molecule has 0 atom stereocenters. The van der Waals surface area contributed by atoms with Crippen LogP contribution in [0, 0.1) is 5.92 Å². The van der Waals surface area contributed by atoms with Crippen LogP contribution >= 0.6 is 0 Å². The van der Waals surface area contributed by atoms with Crippen LogP contribution in [0.2, 0.25) is 0 Å². The number of hydrazine groups is 1. The normalized spacial score (nSPS) is 11.7. The smallest absolute Gasteiger partial charge is 0.0128 e. The molecule has 2 heteroatoms. The molecule has 0 aromatic heterocycles. The van der Waals surface area contributed by atoms with Crippen LogP contribution in [0.25, 0.3) is 0 Å². The zero-order chi connectivity index (χ0) is 15.1. The Morgan fingerprint density at radius 3 is 1.65 bits per heavy atom. The summed E-state index contributed by atoms with van der Waals surface area (Å²) in [6.07, 6.45) is 16.3. The van der Waals surface area contributed by atoms with Gasteiger partial charge in [-0.3, -0.25) is 5.84 Å². The lowest BCUT2D eigenvalue weighted by atomic mass is 10.0. The van der Waals surface area contributed by atoms with E-state index in [1.807, 2.05) is 5.01 Å². The maximum absolute atomic E-state index is 6.03. The maximum Gasteiger partial charge on any atom is 0.0128 e. The third-order valence-corrected chi connectivity index (χ3v) is 4.03. The molecule has 0 saturated carbocycles. The van der Waals surface area contributed by atoms with Gasteiger partial charge in [0.1, 0.15) is 0 Å².